The van der Waals surface area contributed by atoms with Crippen molar-refractivity contribution in [1.29, 1.82) is 0 Å². The van der Waals surface area contributed by atoms with Crippen molar-refractivity contribution in [3.63, 3.8) is 0 Å². The van der Waals surface area contributed by atoms with E-state index in [4.69, 9.17) is 4.74 Å². The fraction of sp³-hybridized carbons (Fsp3) is 0.312. The minimum Gasteiger partial charge on any atom is -0.370 e. The zero-order valence-corrected chi connectivity index (χ0v) is 12.0. The number of hydrogen-bond donors (Lipinski definition) is 0. The summed E-state index contributed by atoms with van der Waals surface area (Å²) in [5, 5.41) is 2.01. The van der Waals surface area contributed by atoms with Crippen LogP contribution in [-0.4, -0.2) is 30.5 Å². The summed E-state index contributed by atoms with van der Waals surface area (Å²) >= 11 is 1.63. The van der Waals surface area contributed by atoms with Crippen LogP contribution in [0.4, 0.5) is 0 Å². The molecule has 1 saturated heterocycles. The number of morpholine rings is 1. The first-order valence-electron chi connectivity index (χ1n) is 6.79. The number of carbonyl (C=O) groups is 1. The van der Waals surface area contributed by atoms with Crippen LogP contribution in [0.25, 0.3) is 0 Å². The molecule has 1 aromatic carbocycles. The van der Waals surface area contributed by atoms with Gasteiger partial charge < -0.3 is 9.64 Å². The molecule has 20 heavy (non-hydrogen) atoms. The largest absolute Gasteiger partial charge is 0.370 e. The first-order chi connectivity index (χ1) is 9.83. The molecule has 2 aromatic rings. The molecular formula is C16H17NO2S. The molecule has 2 heterocycles. The summed E-state index contributed by atoms with van der Waals surface area (Å²) in [6.07, 6.45) is 0.497. The predicted molar refractivity (Wildman–Crippen MR) is 79.7 cm³/mol. The third-order valence-corrected chi connectivity index (χ3v) is 4.37. The van der Waals surface area contributed by atoms with Gasteiger partial charge in [-0.15, -0.1) is 11.3 Å². The molecule has 0 N–H and O–H groups in total. The lowest BCUT2D eigenvalue weighted by Crippen LogP contribution is -2.42. The molecule has 0 unspecified atom stereocenters. The van der Waals surface area contributed by atoms with Crippen molar-refractivity contribution in [3.05, 3.63) is 58.3 Å². The fourth-order valence-corrected chi connectivity index (χ4v) is 3.12. The van der Waals surface area contributed by atoms with Gasteiger partial charge in [0.15, 0.2) is 0 Å². The van der Waals surface area contributed by atoms with E-state index in [1.165, 1.54) is 0 Å². The minimum absolute atomic E-state index is 0.00256. The molecular weight excluding hydrogens is 270 g/mol. The maximum atomic E-state index is 12.3. The van der Waals surface area contributed by atoms with Crippen molar-refractivity contribution in [2.24, 2.45) is 0 Å². The number of rotatable bonds is 3. The van der Waals surface area contributed by atoms with Crippen LogP contribution in [0.5, 0.6) is 0 Å². The second-order valence-corrected chi connectivity index (χ2v) is 5.90. The van der Waals surface area contributed by atoms with Crippen LogP contribution in [0.15, 0.2) is 47.8 Å². The zero-order valence-electron chi connectivity index (χ0n) is 11.2. The SMILES string of the molecule is O=C(Cc1cccs1)N1CCO[C@@H](c2ccccc2)C1. The molecule has 1 fully saturated rings. The Bertz CT molecular complexity index is 553. The minimum atomic E-state index is -0.00256. The van der Waals surface area contributed by atoms with Gasteiger partial charge in [-0.25, -0.2) is 0 Å². The van der Waals surface area contributed by atoms with Gasteiger partial charge in [-0.1, -0.05) is 36.4 Å². The lowest BCUT2D eigenvalue weighted by molar-refractivity contribution is -0.138. The fourth-order valence-electron chi connectivity index (χ4n) is 2.42. The third-order valence-electron chi connectivity index (χ3n) is 3.50. The predicted octanol–water partition coefficient (Wildman–Crippen LogP) is 2.89. The Hall–Kier alpha value is -1.65. The number of amides is 1. The Balaban J connectivity index is 1.64. The molecule has 0 bridgehead atoms. The molecule has 3 rings (SSSR count). The summed E-state index contributed by atoms with van der Waals surface area (Å²) in [6, 6.07) is 14.1. The van der Waals surface area contributed by atoms with Crippen molar-refractivity contribution < 1.29 is 9.53 Å². The quantitative estimate of drug-likeness (QED) is 0.868. The van der Waals surface area contributed by atoms with Gasteiger partial charge in [-0.3, -0.25) is 4.79 Å². The van der Waals surface area contributed by atoms with E-state index >= 15 is 0 Å². The molecule has 1 amide bonds. The Morgan fingerprint density at radius 2 is 2.10 bits per heavy atom. The average Bonchev–Trinajstić information content (AvgIpc) is 3.01. The lowest BCUT2D eigenvalue weighted by Gasteiger charge is -2.33. The normalized spacial score (nSPS) is 19.0. The van der Waals surface area contributed by atoms with E-state index < -0.39 is 0 Å². The lowest BCUT2D eigenvalue weighted by atomic mass is 10.1. The van der Waals surface area contributed by atoms with Crippen molar-refractivity contribution in [3.8, 4) is 0 Å². The van der Waals surface area contributed by atoms with Crippen LogP contribution < -0.4 is 0 Å². The van der Waals surface area contributed by atoms with Gasteiger partial charge in [0, 0.05) is 11.4 Å². The van der Waals surface area contributed by atoms with Crippen LogP contribution in [0.1, 0.15) is 16.5 Å². The first-order valence-corrected chi connectivity index (χ1v) is 7.67. The maximum Gasteiger partial charge on any atom is 0.228 e. The average molecular weight is 287 g/mol. The van der Waals surface area contributed by atoms with E-state index in [-0.39, 0.29) is 12.0 Å². The molecule has 0 aliphatic carbocycles. The highest BCUT2D eigenvalue weighted by Crippen LogP contribution is 2.22. The number of thiophene rings is 1. The van der Waals surface area contributed by atoms with Crippen LogP contribution >= 0.6 is 11.3 Å². The summed E-state index contributed by atoms with van der Waals surface area (Å²) < 4.78 is 5.79. The first kappa shape index (κ1) is 13.3. The highest BCUT2D eigenvalue weighted by Gasteiger charge is 2.25. The summed E-state index contributed by atoms with van der Waals surface area (Å²) in [4.78, 5) is 15.4. The van der Waals surface area contributed by atoms with Crippen LogP contribution in [0, 0.1) is 0 Å². The zero-order chi connectivity index (χ0) is 13.8. The van der Waals surface area contributed by atoms with E-state index in [9.17, 15) is 4.79 Å². The van der Waals surface area contributed by atoms with Gasteiger partial charge >= 0.3 is 0 Å². The second-order valence-electron chi connectivity index (χ2n) is 4.87. The van der Waals surface area contributed by atoms with E-state index in [0.717, 1.165) is 10.4 Å². The summed E-state index contributed by atoms with van der Waals surface area (Å²) in [5.74, 6) is 0.191. The molecule has 104 valence electrons. The molecule has 3 nitrogen and oxygen atoms in total. The van der Waals surface area contributed by atoms with Crippen LogP contribution in [0.2, 0.25) is 0 Å². The number of benzene rings is 1. The van der Waals surface area contributed by atoms with Gasteiger partial charge in [0.25, 0.3) is 0 Å². The smallest absolute Gasteiger partial charge is 0.228 e. The summed E-state index contributed by atoms with van der Waals surface area (Å²) in [6.45, 7) is 1.94. The molecule has 4 heteroatoms. The third kappa shape index (κ3) is 3.08. The molecule has 0 radical (unpaired) electrons. The van der Waals surface area contributed by atoms with Gasteiger partial charge in [-0.2, -0.15) is 0 Å². The molecule has 1 aliphatic heterocycles. The van der Waals surface area contributed by atoms with Crippen molar-refractivity contribution >= 4 is 17.2 Å². The topological polar surface area (TPSA) is 29.5 Å². The van der Waals surface area contributed by atoms with Crippen molar-refractivity contribution in [2.45, 2.75) is 12.5 Å². The molecule has 1 aliphatic rings. The molecule has 1 aromatic heterocycles. The van der Waals surface area contributed by atoms with Gasteiger partial charge in [0.2, 0.25) is 5.91 Å². The second kappa shape index (κ2) is 6.20. The standard InChI is InChI=1S/C16H17NO2S/c18-16(11-14-7-4-10-20-14)17-8-9-19-15(12-17)13-5-2-1-3-6-13/h1-7,10,15H,8-9,11-12H2/t15-/m1/s1. The van der Waals surface area contributed by atoms with Gasteiger partial charge in [0.1, 0.15) is 6.10 Å². The van der Waals surface area contributed by atoms with Gasteiger partial charge in [0.05, 0.1) is 19.6 Å². The van der Waals surface area contributed by atoms with Crippen molar-refractivity contribution in [1.82, 2.24) is 4.90 Å². The van der Waals surface area contributed by atoms with E-state index in [1.54, 1.807) is 11.3 Å². The number of carbonyl (C=O) groups excluding carboxylic acids is 1. The monoisotopic (exact) mass is 287 g/mol. The number of ether oxygens (including phenoxy) is 1. The Kier molecular flexibility index (Phi) is 4.14. The molecule has 0 saturated carbocycles. The number of nitrogens with zero attached hydrogens (tertiary/aromatic N) is 1. The van der Waals surface area contributed by atoms with Crippen LogP contribution in [0.3, 0.4) is 0 Å². The Morgan fingerprint density at radius 3 is 2.85 bits per heavy atom. The van der Waals surface area contributed by atoms with Crippen molar-refractivity contribution in [2.75, 3.05) is 19.7 Å². The highest BCUT2D eigenvalue weighted by atomic mass is 32.1. The van der Waals surface area contributed by atoms with Gasteiger partial charge in [-0.05, 0) is 17.0 Å². The maximum absolute atomic E-state index is 12.3. The van der Waals surface area contributed by atoms with E-state index in [1.807, 2.05) is 40.6 Å². The highest BCUT2D eigenvalue weighted by molar-refractivity contribution is 7.10. The summed E-state index contributed by atoms with van der Waals surface area (Å²) in [5.41, 5.74) is 1.14. The number of hydrogen-bond acceptors (Lipinski definition) is 3. The van der Waals surface area contributed by atoms with E-state index in [2.05, 4.69) is 12.1 Å². The molecule has 1 atom stereocenters. The Labute approximate surface area is 122 Å². The Morgan fingerprint density at radius 1 is 1.25 bits per heavy atom. The molecule has 0 spiro atoms. The summed E-state index contributed by atoms with van der Waals surface area (Å²) in [7, 11) is 0. The van der Waals surface area contributed by atoms with E-state index in [0.29, 0.717) is 26.1 Å². The van der Waals surface area contributed by atoms with Crippen LogP contribution in [-0.2, 0) is 16.0 Å².